The first-order valence-electron chi connectivity index (χ1n) is 6.41. The van der Waals surface area contributed by atoms with Crippen molar-refractivity contribution in [3.8, 4) is 17.6 Å². The molecule has 4 nitrogen and oxygen atoms in total. The van der Waals surface area contributed by atoms with Gasteiger partial charge in [-0.1, -0.05) is 6.07 Å². The summed E-state index contributed by atoms with van der Waals surface area (Å²) in [5.74, 6) is 1.03. The number of nitriles is 1. The monoisotopic (exact) mass is 285 g/mol. The van der Waals surface area contributed by atoms with Gasteiger partial charge in [-0.3, -0.25) is 0 Å². The summed E-state index contributed by atoms with van der Waals surface area (Å²) in [4.78, 5) is 0. The molecule has 0 aliphatic carbocycles. The highest BCUT2D eigenvalue weighted by atomic mass is 19.1. The van der Waals surface area contributed by atoms with Crippen LogP contribution in [-0.2, 0) is 18.0 Å². The van der Waals surface area contributed by atoms with Gasteiger partial charge in [0.05, 0.1) is 24.8 Å². The second-order valence-electron chi connectivity index (χ2n) is 4.60. The molecule has 0 atom stereocenters. The van der Waals surface area contributed by atoms with Gasteiger partial charge in [-0.2, -0.15) is 5.26 Å². The Balaban J connectivity index is 1.63. The van der Waals surface area contributed by atoms with Crippen molar-refractivity contribution in [1.29, 1.82) is 5.26 Å². The third-order valence-corrected chi connectivity index (χ3v) is 3.14. The highest BCUT2D eigenvalue weighted by Gasteiger charge is 2.13. The van der Waals surface area contributed by atoms with Crippen LogP contribution in [0.25, 0.3) is 0 Å². The summed E-state index contributed by atoms with van der Waals surface area (Å²) < 4.78 is 29.6. The molecule has 1 aliphatic heterocycles. The minimum absolute atomic E-state index is 0.107. The molecule has 1 aliphatic rings. The molecule has 0 spiro atoms. The van der Waals surface area contributed by atoms with Crippen molar-refractivity contribution in [2.45, 2.75) is 13.2 Å². The SMILES string of the molecule is N#Cc1ccc(F)c(COCc2ccc3c(c2)OCO3)c1. The minimum atomic E-state index is -0.375. The Morgan fingerprint density at radius 3 is 2.81 bits per heavy atom. The van der Waals surface area contributed by atoms with Crippen molar-refractivity contribution >= 4 is 0 Å². The molecule has 0 aromatic heterocycles. The fourth-order valence-corrected chi connectivity index (χ4v) is 2.06. The number of fused-ring (bicyclic) bond motifs is 1. The molecule has 2 aromatic carbocycles. The number of nitrogens with zero attached hydrogens (tertiary/aromatic N) is 1. The van der Waals surface area contributed by atoms with E-state index >= 15 is 0 Å². The lowest BCUT2D eigenvalue weighted by Gasteiger charge is -2.07. The summed E-state index contributed by atoms with van der Waals surface area (Å²) in [5, 5.41) is 8.81. The molecule has 3 rings (SSSR count). The lowest BCUT2D eigenvalue weighted by Crippen LogP contribution is -1.97. The molecular formula is C16H12FNO3. The average Bonchev–Trinajstić information content (AvgIpc) is 2.97. The zero-order chi connectivity index (χ0) is 14.7. The van der Waals surface area contributed by atoms with Crippen LogP contribution in [0, 0.1) is 17.1 Å². The molecule has 2 aromatic rings. The predicted octanol–water partition coefficient (Wildman–Crippen LogP) is 3.14. The van der Waals surface area contributed by atoms with Crippen LogP contribution in [0.15, 0.2) is 36.4 Å². The van der Waals surface area contributed by atoms with E-state index in [9.17, 15) is 4.39 Å². The van der Waals surface area contributed by atoms with E-state index in [1.165, 1.54) is 18.2 Å². The Labute approximate surface area is 121 Å². The molecule has 0 unspecified atom stereocenters. The van der Waals surface area contributed by atoms with Gasteiger partial charge in [-0.15, -0.1) is 0 Å². The third kappa shape index (κ3) is 2.96. The van der Waals surface area contributed by atoms with E-state index in [0.717, 1.165) is 5.56 Å². The molecule has 0 fully saturated rings. The van der Waals surface area contributed by atoms with Crippen molar-refractivity contribution in [1.82, 2.24) is 0 Å². The third-order valence-electron chi connectivity index (χ3n) is 3.14. The highest BCUT2D eigenvalue weighted by Crippen LogP contribution is 2.32. The van der Waals surface area contributed by atoms with Crippen molar-refractivity contribution < 1.29 is 18.6 Å². The first-order valence-corrected chi connectivity index (χ1v) is 6.41. The summed E-state index contributed by atoms with van der Waals surface area (Å²) in [6.45, 7) is 0.661. The van der Waals surface area contributed by atoms with Gasteiger partial charge in [0.25, 0.3) is 0 Å². The predicted molar refractivity (Wildman–Crippen MR) is 72.2 cm³/mol. The van der Waals surface area contributed by atoms with E-state index in [2.05, 4.69) is 0 Å². The van der Waals surface area contributed by atoms with E-state index in [1.54, 1.807) is 0 Å². The fourth-order valence-electron chi connectivity index (χ4n) is 2.06. The Morgan fingerprint density at radius 2 is 1.95 bits per heavy atom. The number of halogens is 1. The van der Waals surface area contributed by atoms with E-state index < -0.39 is 0 Å². The van der Waals surface area contributed by atoms with Crippen LogP contribution in [-0.4, -0.2) is 6.79 Å². The van der Waals surface area contributed by atoms with Gasteiger partial charge in [0.1, 0.15) is 5.82 Å². The lowest BCUT2D eigenvalue weighted by molar-refractivity contribution is 0.104. The molecule has 0 saturated carbocycles. The average molecular weight is 285 g/mol. The molecular weight excluding hydrogens is 273 g/mol. The molecule has 106 valence electrons. The summed E-state index contributed by atoms with van der Waals surface area (Å²) in [7, 11) is 0. The van der Waals surface area contributed by atoms with Gasteiger partial charge in [-0.25, -0.2) is 4.39 Å². The molecule has 5 heteroatoms. The van der Waals surface area contributed by atoms with Crippen LogP contribution in [0.3, 0.4) is 0 Å². The first-order chi connectivity index (χ1) is 10.3. The Kier molecular flexibility index (Phi) is 3.71. The smallest absolute Gasteiger partial charge is 0.231 e. The van der Waals surface area contributed by atoms with E-state index in [4.69, 9.17) is 19.5 Å². The summed E-state index contributed by atoms with van der Waals surface area (Å²) in [6, 6.07) is 11.7. The topological polar surface area (TPSA) is 51.5 Å². The van der Waals surface area contributed by atoms with Gasteiger partial charge >= 0.3 is 0 Å². The Morgan fingerprint density at radius 1 is 1.10 bits per heavy atom. The zero-order valence-electron chi connectivity index (χ0n) is 11.1. The maximum atomic E-state index is 13.6. The highest BCUT2D eigenvalue weighted by molar-refractivity contribution is 5.44. The van der Waals surface area contributed by atoms with Gasteiger partial charge in [-0.05, 0) is 35.9 Å². The maximum Gasteiger partial charge on any atom is 0.231 e. The molecule has 1 heterocycles. The van der Waals surface area contributed by atoms with Gasteiger partial charge < -0.3 is 14.2 Å². The molecule has 0 saturated heterocycles. The number of hydrogen-bond donors (Lipinski definition) is 0. The minimum Gasteiger partial charge on any atom is -0.454 e. The van der Waals surface area contributed by atoms with Crippen LogP contribution in [0.2, 0.25) is 0 Å². The quantitative estimate of drug-likeness (QED) is 0.866. The standard InChI is InChI=1S/C16H12FNO3/c17-14-3-1-11(7-18)5-13(14)9-19-8-12-2-4-15-16(6-12)21-10-20-15/h1-6H,8-10H2. The summed E-state index contributed by atoms with van der Waals surface area (Å²) >= 11 is 0. The van der Waals surface area contributed by atoms with E-state index in [0.29, 0.717) is 29.2 Å². The second kappa shape index (κ2) is 5.81. The molecule has 0 radical (unpaired) electrons. The fraction of sp³-hybridized carbons (Fsp3) is 0.188. The first kappa shape index (κ1) is 13.4. The Hall–Kier alpha value is -2.58. The Bertz CT molecular complexity index is 709. The zero-order valence-corrected chi connectivity index (χ0v) is 11.1. The van der Waals surface area contributed by atoms with Crippen LogP contribution < -0.4 is 9.47 Å². The van der Waals surface area contributed by atoms with Crippen LogP contribution in [0.1, 0.15) is 16.7 Å². The molecule has 21 heavy (non-hydrogen) atoms. The van der Waals surface area contributed by atoms with Crippen molar-refractivity contribution in [2.75, 3.05) is 6.79 Å². The number of benzene rings is 2. The van der Waals surface area contributed by atoms with Crippen LogP contribution in [0.5, 0.6) is 11.5 Å². The van der Waals surface area contributed by atoms with Crippen LogP contribution in [0.4, 0.5) is 4.39 Å². The normalized spacial score (nSPS) is 12.2. The van der Waals surface area contributed by atoms with Gasteiger partial charge in [0, 0.05) is 5.56 Å². The molecule has 0 amide bonds. The van der Waals surface area contributed by atoms with E-state index in [1.807, 2.05) is 24.3 Å². The molecule has 0 N–H and O–H groups in total. The molecule has 0 bridgehead atoms. The maximum absolute atomic E-state index is 13.6. The van der Waals surface area contributed by atoms with Crippen molar-refractivity contribution in [3.05, 3.63) is 58.9 Å². The van der Waals surface area contributed by atoms with Crippen molar-refractivity contribution in [3.63, 3.8) is 0 Å². The van der Waals surface area contributed by atoms with Crippen LogP contribution >= 0.6 is 0 Å². The lowest BCUT2D eigenvalue weighted by atomic mass is 10.1. The second-order valence-corrected chi connectivity index (χ2v) is 4.60. The van der Waals surface area contributed by atoms with Gasteiger partial charge in [0.2, 0.25) is 6.79 Å². The van der Waals surface area contributed by atoms with Gasteiger partial charge in [0.15, 0.2) is 11.5 Å². The largest absolute Gasteiger partial charge is 0.454 e. The van der Waals surface area contributed by atoms with Crippen molar-refractivity contribution in [2.24, 2.45) is 0 Å². The summed E-state index contributed by atoms with van der Waals surface area (Å²) in [6.07, 6.45) is 0. The number of ether oxygens (including phenoxy) is 3. The number of hydrogen-bond acceptors (Lipinski definition) is 4. The summed E-state index contributed by atoms with van der Waals surface area (Å²) in [5.41, 5.74) is 1.70. The number of rotatable bonds is 4. The van der Waals surface area contributed by atoms with E-state index in [-0.39, 0.29) is 19.2 Å².